The van der Waals surface area contributed by atoms with Crippen molar-refractivity contribution in [1.82, 2.24) is 0 Å². The van der Waals surface area contributed by atoms with E-state index in [4.69, 9.17) is 9.47 Å². The highest BCUT2D eigenvalue weighted by atomic mass is 16.5. The molecule has 0 unspecified atom stereocenters. The van der Waals surface area contributed by atoms with Crippen molar-refractivity contribution in [2.24, 2.45) is 41.4 Å². The molecule has 5 heteroatoms. The average Bonchev–Trinajstić information content (AvgIpc) is 2.73. The number of fused-ring (bicyclic) bond motifs is 1. The maximum atomic E-state index is 12.1. The molecule has 178 valence electrons. The quantitative estimate of drug-likeness (QED) is 0.514. The van der Waals surface area contributed by atoms with Gasteiger partial charge in [0.2, 0.25) is 0 Å². The van der Waals surface area contributed by atoms with Gasteiger partial charge >= 0.3 is 5.97 Å². The summed E-state index contributed by atoms with van der Waals surface area (Å²) in [6.45, 7) is 9.52. The maximum absolute atomic E-state index is 12.1. The zero-order chi connectivity index (χ0) is 23.4. The zero-order valence-corrected chi connectivity index (χ0v) is 20.2. The van der Waals surface area contributed by atoms with Gasteiger partial charge in [0.1, 0.15) is 5.75 Å². The fourth-order valence-corrected chi connectivity index (χ4v) is 6.16. The Morgan fingerprint density at radius 3 is 2.41 bits per heavy atom. The van der Waals surface area contributed by atoms with Gasteiger partial charge in [-0.05, 0) is 79.4 Å². The Morgan fingerprint density at radius 1 is 1.12 bits per heavy atom. The number of rotatable bonds is 9. The molecular weight excluding hydrogens is 404 g/mol. The molecule has 0 radical (unpaired) electrons. The molecule has 0 aromatic heterocycles. The molecule has 1 saturated carbocycles. The van der Waals surface area contributed by atoms with E-state index in [0.29, 0.717) is 31.5 Å². The van der Waals surface area contributed by atoms with Gasteiger partial charge in [-0.25, -0.2) is 0 Å². The standard InChI is InChI=1S/C27H40O5/c1-16(2)26(27(29)30)25-11-17(3)10-23-22(12-20(28)13-24(23)25)18(4)14-32-15-19-6-8-21(31-5)9-7-19/h6-10,16,18,20,22-26,28H,11-15H2,1-5H3,(H,29,30)/t18-,20+,22+,23-,24+,25-,26-/m1/s1. The lowest BCUT2D eigenvalue weighted by Crippen LogP contribution is -2.47. The maximum Gasteiger partial charge on any atom is 0.307 e. The van der Waals surface area contributed by atoms with Crippen LogP contribution in [-0.4, -0.2) is 36.0 Å². The molecule has 2 aliphatic carbocycles. The Bertz CT molecular complexity index is 784. The van der Waals surface area contributed by atoms with Gasteiger partial charge in [0.15, 0.2) is 0 Å². The van der Waals surface area contributed by atoms with Crippen LogP contribution in [0.5, 0.6) is 5.75 Å². The molecular formula is C27H40O5. The topological polar surface area (TPSA) is 76.0 Å². The van der Waals surface area contributed by atoms with Crippen LogP contribution < -0.4 is 4.74 Å². The number of aliphatic carboxylic acids is 1. The molecule has 32 heavy (non-hydrogen) atoms. The van der Waals surface area contributed by atoms with Crippen LogP contribution >= 0.6 is 0 Å². The summed E-state index contributed by atoms with van der Waals surface area (Å²) in [5.41, 5.74) is 2.39. The van der Waals surface area contributed by atoms with Gasteiger partial charge in [0.25, 0.3) is 0 Å². The minimum absolute atomic E-state index is 0.0758. The summed E-state index contributed by atoms with van der Waals surface area (Å²) >= 11 is 0. The molecule has 0 bridgehead atoms. The van der Waals surface area contributed by atoms with E-state index in [9.17, 15) is 15.0 Å². The molecule has 1 aromatic carbocycles. The van der Waals surface area contributed by atoms with Gasteiger partial charge in [0, 0.05) is 6.61 Å². The first kappa shape index (κ1) is 24.8. The molecule has 0 amide bonds. The number of carbonyl (C=O) groups is 1. The fourth-order valence-electron chi connectivity index (χ4n) is 6.16. The molecule has 2 N–H and O–H groups in total. The number of aliphatic hydroxyl groups excluding tert-OH is 1. The van der Waals surface area contributed by atoms with Gasteiger partial charge in [0.05, 0.1) is 25.7 Å². The van der Waals surface area contributed by atoms with E-state index in [1.165, 1.54) is 5.57 Å². The summed E-state index contributed by atoms with van der Waals surface area (Å²) in [6, 6.07) is 7.90. The minimum atomic E-state index is -0.703. The zero-order valence-electron chi connectivity index (χ0n) is 20.2. The van der Waals surface area contributed by atoms with Crippen molar-refractivity contribution < 1.29 is 24.5 Å². The van der Waals surface area contributed by atoms with E-state index >= 15 is 0 Å². The molecule has 5 nitrogen and oxygen atoms in total. The van der Waals surface area contributed by atoms with Crippen LogP contribution in [0.4, 0.5) is 0 Å². The number of benzene rings is 1. The summed E-state index contributed by atoms with van der Waals surface area (Å²) in [6.07, 6.45) is 4.27. The number of carboxylic acids is 1. The van der Waals surface area contributed by atoms with Crippen LogP contribution in [0.3, 0.4) is 0 Å². The smallest absolute Gasteiger partial charge is 0.307 e. The van der Waals surface area contributed by atoms with E-state index < -0.39 is 5.97 Å². The third kappa shape index (κ3) is 5.74. The molecule has 0 saturated heterocycles. The van der Waals surface area contributed by atoms with Crippen LogP contribution in [0.25, 0.3) is 0 Å². The van der Waals surface area contributed by atoms with Crippen molar-refractivity contribution >= 4 is 5.97 Å². The second-order valence-corrected chi connectivity index (χ2v) is 10.4. The Hall–Kier alpha value is -1.85. The van der Waals surface area contributed by atoms with Crippen molar-refractivity contribution in [1.29, 1.82) is 0 Å². The van der Waals surface area contributed by atoms with Crippen LogP contribution in [0.2, 0.25) is 0 Å². The van der Waals surface area contributed by atoms with Crippen molar-refractivity contribution in [2.45, 2.75) is 59.7 Å². The first-order valence-electron chi connectivity index (χ1n) is 12.0. The van der Waals surface area contributed by atoms with E-state index in [1.807, 2.05) is 38.1 Å². The number of methoxy groups -OCH3 is 1. The predicted octanol–water partition coefficient (Wildman–Crippen LogP) is 5.17. The van der Waals surface area contributed by atoms with Crippen LogP contribution in [0, 0.1) is 41.4 Å². The number of ether oxygens (including phenoxy) is 2. The minimum Gasteiger partial charge on any atom is -0.497 e. The van der Waals surface area contributed by atoms with Gasteiger partial charge in [-0.3, -0.25) is 4.79 Å². The number of carboxylic acid groups (broad SMARTS) is 1. The van der Waals surface area contributed by atoms with Crippen molar-refractivity contribution in [3.05, 3.63) is 41.5 Å². The first-order valence-corrected chi connectivity index (χ1v) is 12.0. The molecule has 0 aliphatic heterocycles. The SMILES string of the molecule is COc1ccc(COC[C@@H](C)[C@@H]2C[C@H](O)C[C@H]3[C@@H]2C=C(C)C[C@H]3[C@H](C(=O)O)C(C)C)cc1. The average molecular weight is 445 g/mol. The highest BCUT2D eigenvalue weighted by Gasteiger charge is 2.47. The fraction of sp³-hybridized carbons (Fsp3) is 0.667. The van der Waals surface area contributed by atoms with E-state index in [1.54, 1.807) is 7.11 Å². The second kappa shape index (κ2) is 10.8. The van der Waals surface area contributed by atoms with E-state index in [-0.39, 0.29) is 35.7 Å². The Labute approximate surface area is 192 Å². The van der Waals surface area contributed by atoms with Crippen LogP contribution in [0.1, 0.15) is 52.5 Å². The van der Waals surface area contributed by atoms with E-state index in [0.717, 1.165) is 24.2 Å². The lowest BCUT2D eigenvalue weighted by Gasteiger charge is -2.49. The summed E-state index contributed by atoms with van der Waals surface area (Å²) in [5.74, 6) is 0.986. The molecule has 0 spiro atoms. The molecule has 1 fully saturated rings. The molecule has 1 aromatic rings. The Kier molecular flexibility index (Phi) is 8.40. The van der Waals surface area contributed by atoms with Gasteiger partial charge in [-0.2, -0.15) is 0 Å². The van der Waals surface area contributed by atoms with Gasteiger partial charge < -0.3 is 19.7 Å². The predicted molar refractivity (Wildman–Crippen MR) is 125 cm³/mol. The van der Waals surface area contributed by atoms with Crippen molar-refractivity contribution in [2.75, 3.05) is 13.7 Å². The number of allylic oxidation sites excluding steroid dienone is 2. The molecule has 0 heterocycles. The monoisotopic (exact) mass is 444 g/mol. The van der Waals surface area contributed by atoms with Crippen LogP contribution in [-0.2, 0) is 16.1 Å². The summed E-state index contributed by atoms with van der Waals surface area (Å²) in [5, 5.41) is 20.7. The van der Waals surface area contributed by atoms with Crippen LogP contribution in [0.15, 0.2) is 35.9 Å². The molecule has 7 atom stereocenters. The normalized spacial score (nSPS) is 29.7. The number of hydrogen-bond acceptors (Lipinski definition) is 4. The van der Waals surface area contributed by atoms with Crippen molar-refractivity contribution in [3.8, 4) is 5.75 Å². The summed E-state index contributed by atoms with van der Waals surface area (Å²) in [4.78, 5) is 12.1. The third-order valence-corrected chi connectivity index (χ3v) is 7.67. The summed E-state index contributed by atoms with van der Waals surface area (Å²) in [7, 11) is 1.66. The lowest BCUT2D eigenvalue weighted by atomic mass is 9.56. The lowest BCUT2D eigenvalue weighted by molar-refractivity contribution is -0.148. The highest BCUT2D eigenvalue weighted by molar-refractivity contribution is 5.70. The Morgan fingerprint density at radius 2 is 1.81 bits per heavy atom. The second-order valence-electron chi connectivity index (χ2n) is 10.4. The van der Waals surface area contributed by atoms with Gasteiger partial charge in [-0.15, -0.1) is 0 Å². The molecule has 3 rings (SSSR count). The van der Waals surface area contributed by atoms with Crippen molar-refractivity contribution in [3.63, 3.8) is 0 Å². The molecule has 2 aliphatic rings. The summed E-state index contributed by atoms with van der Waals surface area (Å²) < 4.78 is 11.3. The third-order valence-electron chi connectivity index (χ3n) is 7.67. The highest BCUT2D eigenvalue weighted by Crippen LogP contribution is 2.51. The van der Waals surface area contributed by atoms with E-state index in [2.05, 4.69) is 19.9 Å². The van der Waals surface area contributed by atoms with Gasteiger partial charge in [-0.1, -0.05) is 44.6 Å². The first-order chi connectivity index (χ1) is 15.2. The largest absolute Gasteiger partial charge is 0.497 e. The number of aliphatic hydroxyl groups is 1. The number of hydrogen-bond donors (Lipinski definition) is 2. The Balaban J connectivity index is 1.70.